The number of halogens is 1. The normalized spacial score (nSPS) is 11.0. The molecule has 0 fully saturated rings. The lowest BCUT2D eigenvalue weighted by Gasteiger charge is -2.21. The number of nitro benzene ring substituents is 2. The van der Waals surface area contributed by atoms with Crippen molar-refractivity contribution in [2.24, 2.45) is 0 Å². The maximum atomic E-state index is 11.1. The molecular formula is C11H12ClN3O5. The first-order valence-electron chi connectivity index (χ1n) is 5.48. The first-order valence-corrected chi connectivity index (χ1v) is 5.85. The summed E-state index contributed by atoms with van der Waals surface area (Å²) in [6, 6.07) is 1.83. The Kier molecular flexibility index (Phi) is 4.29. The number of nitro groups is 2. The lowest BCUT2D eigenvalue weighted by molar-refractivity contribution is -0.392. The standard InChI is InChI=1S/C11H12ClN3O5/c1-11(2,3)13-9-7(14(17)18)4-6(10(12)16)5-8(9)15(19)20/h4-5,13H,1-3H3. The molecule has 9 heteroatoms. The van der Waals surface area contributed by atoms with Gasteiger partial charge in [-0.05, 0) is 32.4 Å². The third kappa shape index (κ3) is 3.64. The summed E-state index contributed by atoms with van der Waals surface area (Å²) in [5, 5.41) is 23.8. The number of carbonyl (C=O) groups is 1. The van der Waals surface area contributed by atoms with Crippen LogP contribution in [0.5, 0.6) is 0 Å². The SMILES string of the molecule is CC(C)(C)Nc1c([N+](=O)[O-])cc(C(=O)Cl)cc1[N+](=O)[O-]. The van der Waals surface area contributed by atoms with Gasteiger partial charge in [0.25, 0.3) is 16.6 Å². The molecule has 0 unspecified atom stereocenters. The molecule has 0 atom stereocenters. The van der Waals surface area contributed by atoms with E-state index < -0.39 is 32.0 Å². The van der Waals surface area contributed by atoms with E-state index in [1.807, 2.05) is 0 Å². The topological polar surface area (TPSA) is 115 Å². The van der Waals surface area contributed by atoms with Gasteiger partial charge in [0.15, 0.2) is 5.69 Å². The highest BCUT2D eigenvalue weighted by Gasteiger charge is 2.30. The fraction of sp³-hybridized carbons (Fsp3) is 0.364. The van der Waals surface area contributed by atoms with Gasteiger partial charge in [0.05, 0.1) is 9.85 Å². The number of anilines is 1. The van der Waals surface area contributed by atoms with Gasteiger partial charge in [-0.1, -0.05) is 0 Å². The third-order valence-electron chi connectivity index (χ3n) is 2.22. The summed E-state index contributed by atoms with van der Waals surface area (Å²) in [5.41, 5.74) is -2.34. The summed E-state index contributed by atoms with van der Waals surface area (Å²) < 4.78 is 0. The van der Waals surface area contributed by atoms with Crippen molar-refractivity contribution < 1.29 is 14.6 Å². The molecule has 8 nitrogen and oxygen atoms in total. The van der Waals surface area contributed by atoms with Gasteiger partial charge in [0, 0.05) is 23.2 Å². The molecule has 1 rings (SSSR count). The van der Waals surface area contributed by atoms with E-state index in [-0.39, 0.29) is 11.3 Å². The van der Waals surface area contributed by atoms with Crippen LogP contribution in [-0.4, -0.2) is 20.6 Å². The molecule has 0 spiro atoms. The van der Waals surface area contributed by atoms with Gasteiger partial charge in [-0.25, -0.2) is 0 Å². The molecule has 108 valence electrons. The summed E-state index contributed by atoms with van der Waals surface area (Å²) in [7, 11) is 0. The molecule has 0 bridgehead atoms. The quantitative estimate of drug-likeness (QED) is 0.519. The van der Waals surface area contributed by atoms with E-state index in [1.165, 1.54) is 0 Å². The van der Waals surface area contributed by atoms with Gasteiger partial charge in [-0.15, -0.1) is 0 Å². The number of benzene rings is 1. The zero-order valence-electron chi connectivity index (χ0n) is 11.0. The average Bonchev–Trinajstić information content (AvgIpc) is 2.25. The van der Waals surface area contributed by atoms with Crippen molar-refractivity contribution in [1.82, 2.24) is 0 Å². The monoisotopic (exact) mass is 301 g/mol. The number of nitrogens with zero attached hydrogens (tertiary/aromatic N) is 2. The van der Waals surface area contributed by atoms with E-state index in [4.69, 9.17) is 11.6 Å². The number of rotatable bonds is 4. The van der Waals surface area contributed by atoms with E-state index in [0.717, 1.165) is 12.1 Å². The minimum atomic E-state index is -1.00. The zero-order chi connectivity index (χ0) is 15.7. The molecule has 0 aromatic heterocycles. The van der Waals surface area contributed by atoms with Gasteiger partial charge in [0.1, 0.15) is 0 Å². The van der Waals surface area contributed by atoms with Crippen molar-refractivity contribution in [2.45, 2.75) is 26.3 Å². The first-order chi connectivity index (χ1) is 9.03. The summed E-state index contributed by atoms with van der Waals surface area (Å²) in [5.74, 6) is 0. The van der Waals surface area contributed by atoms with E-state index >= 15 is 0 Å². The molecule has 1 N–H and O–H groups in total. The maximum Gasteiger partial charge on any atom is 0.300 e. The van der Waals surface area contributed by atoms with Gasteiger partial charge in [-0.2, -0.15) is 0 Å². The van der Waals surface area contributed by atoms with Crippen LogP contribution in [0.15, 0.2) is 12.1 Å². The van der Waals surface area contributed by atoms with Crippen LogP contribution >= 0.6 is 11.6 Å². The van der Waals surface area contributed by atoms with Crippen molar-refractivity contribution in [2.75, 3.05) is 5.32 Å². The van der Waals surface area contributed by atoms with Crippen molar-refractivity contribution in [3.05, 3.63) is 37.9 Å². The van der Waals surface area contributed by atoms with Crippen molar-refractivity contribution in [3.8, 4) is 0 Å². The minimum absolute atomic E-state index is 0.255. The lowest BCUT2D eigenvalue weighted by Crippen LogP contribution is -2.27. The maximum absolute atomic E-state index is 11.1. The molecule has 0 radical (unpaired) electrons. The van der Waals surface area contributed by atoms with Crippen LogP contribution in [0.1, 0.15) is 31.1 Å². The summed E-state index contributed by atoms with van der Waals surface area (Å²) >= 11 is 5.24. The Morgan fingerprint density at radius 1 is 1.15 bits per heavy atom. The molecule has 0 saturated carbocycles. The molecule has 20 heavy (non-hydrogen) atoms. The molecule has 0 aliphatic heterocycles. The Balaban J connectivity index is 3.64. The van der Waals surface area contributed by atoms with Crippen LogP contribution in [0.3, 0.4) is 0 Å². The van der Waals surface area contributed by atoms with Crippen LogP contribution in [0, 0.1) is 20.2 Å². The molecule has 0 amide bonds. The molecule has 0 aliphatic rings. The lowest BCUT2D eigenvalue weighted by atomic mass is 10.1. The Hall–Kier alpha value is -2.22. The van der Waals surface area contributed by atoms with Crippen molar-refractivity contribution in [1.29, 1.82) is 0 Å². The van der Waals surface area contributed by atoms with Crippen LogP contribution < -0.4 is 5.32 Å². The smallest absolute Gasteiger partial charge is 0.300 e. The zero-order valence-corrected chi connectivity index (χ0v) is 11.7. The van der Waals surface area contributed by atoms with E-state index in [1.54, 1.807) is 20.8 Å². The second kappa shape index (κ2) is 5.41. The summed E-state index contributed by atoms with van der Waals surface area (Å²) in [6.07, 6.45) is 0. The van der Waals surface area contributed by atoms with Gasteiger partial charge >= 0.3 is 0 Å². The van der Waals surface area contributed by atoms with Gasteiger partial charge < -0.3 is 5.32 Å². The fourth-order valence-electron chi connectivity index (χ4n) is 1.52. The van der Waals surface area contributed by atoms with Crippen LogP contribution in [0.2, 0.25) is 0 Å². The second-order valence-electron chi connectivity index (χ2n) is 5.05. The molecule has 1 aromatic carbocycles. The van der Waals surface area contributed by atoms with E-state index in [2.05, 4.69) is 5.32 Å². The second-order valence-corrected chi connectivity index (χ2v) is 5.40. The predicted molar refractivity (Wildman–Crippen MR) is 73.3 cm³/mol. The van der Waals surface area contributed by atoms with Crippen molar-refractivity contribution in [3.63, 3.8) is 0 Å². The van der Waals surface area contributed by atoms with Crippen LogP contribution in [0.25, 0.3) is 0 Å². The molecule has 0 saturated heterocycles. The summed E-state index contributed by atoms with van der Waals surface area (Å²) in [6.45, 7) is 5.09. The van der Waals surface area contributed by atoms with Gasteiger partial charge in [-0.3, -0.25) is 25.0 Å². The number of nitrogens with one attached hydrogen (secondary N) is 1. The van der Waals surface area contributed by atoms with Gasteiger partial charge in [0.2, 0.25) is 0 Å². The number of carbonyl (C=O) groups excluding carboxylic acids is 1. The predicted octanol–water partition coefficient (Wildman–Crippen LogP) is 3.09. The highest BCUT2D eigenvalue weighted by atomic mass is 35.5. The minimum Gasteiger partial charge on any atom is -0.369 e. The van der Waals surface area contributed by atoms with Crippen molar-refractivity contribution >= 4 is 33.9 Å². The molecular weight excluding hydrogens is 290 g/mol. The number of hydrogen-bond acceptors (Lipinski definition) is 6. The third-order valence-corrected chi connectivity index (χ3v) is 2.44. The Morgan fingerprint density at radius 2 is 1.55 bits per heavy atom. The Labute approximate surface area is 119 Å². The Morgan fingerprint density at radius 3 is 1.80 bits per heavy atom. The van der Waals surface area contributed by atoms with E-state index in [0.29, 0.717) is 0 Å². The van der Waals surface area contributed by atoms with Crippen LogP contribution in [0.4, 0.5) is 17.1 Å². The fourth-order valence-corrected chi connectivity index (χ4v) is 1.63. The highest BCUT2D eigenvalue weighted by molar-refractivity contribution is 6.67. The number of hydrogen-bond donors (Lipinski definition) is 1. The Bertz CT molecular complexity index is 559. The first kappa shape index (κ1) is 15.8. The molecule has 0 heterocycles. The molecule has 0 aliphatic carbocycles. The van der Waals surface area contributed by atoms with E-state index in [9.17, 15) is 25.0 Å². The average molecular weight is 302 g/mol. The highest BCUT2D eigenvalue weighted by Crippen LogP contribution is 2.37. The largest absolute Gasteiger partial charge is 0.369 e. The summed E-state index contributed by atoms with van der Waals surface area (Å²) in [4.78, 5) is 31.6. The molecule has 1 aromatic rings. The van der Waals surface area contributed by atoms with Crippen LogP contribution in [-0.2, 0) is 0 Å².